The highest BCUT2D eigenvalue weighted by atomic mass is 16.7. The largest absolute Gasteiger partial charge is 0.494 e. The van der Waals surface area contributed by atoms with Crippen molar-refractivity contribution in [1.82, 2.24) is 14.9 Å². The second-order valence-electron chi connectivity index (χ2n) is 11.5. The predicted octanol–water partition coefficient (Wildman–Crippen LogP) is 4.33. The van der Waals surface area contributed by atoms with Crippen molar-refractivity contribution in [2.45, 2.75) is 84.6 Å². The summed E-state index contributed by atoms with van der Waals surface area (Å²) in [5.74, 6) is 2.17. The number of aromatic nitrogens is 2. The minimum absolute atomic E-state index is 0.0313. The molecule has 176 valence electrons. The van der Waals surface area contributed by atoms with E-state index in [9.17, 15) is 4.79 Å². The van der Waals surface area contributed by atoms with Gasteiger partial charge in [-0.15, -0.1) is 0 Å². The number of rotatable bonds is 5. The van der Waals surface area contributed by atoms with Gasteiger partial charge in [-0.1, -0.05) is 45.0 Å². The van der Waals surface area contributed by atoms with E-state index in [1.807, 2.05) is 6.20 Å². The lowest BCUT2D eigenvalue weighted by Crippen LogP contribution is -2.41. The van der Waals surface area contributed by atoms with Crippen LogP contribution >= 0.6 is 0 Å². The van der Waals surface area contributed by atoms with E-state index in [4.69, 9.17) is 14.3 Å². The van der Waals surface area contributed by atoms with Gasteiger partial charge in [-0.3, -0.25) is 4.79 Å². The maximum absolute atomic E-state index is 13.2. The molecule has 33 heavy (non-hydrogen) atoms. The molecule has 0 bridgehead atoms. The number of nitrogens with zero attached hydrogens (tertiary/aromatic N) is 2. The van der Waals surface area contributed by atoms with Crippen LogP contribution in [0.15, 0.2) is 30.5 Å². The highest BCUT2D eigenvalue weighted by molar-refractivity contribution is 6.62. The number of hydrogen-bond donors (Lipinski definition) is 1. The summed E-state index contributed by atoms with van der Waals surface area (Å²) in [7, 11) is -0.367. The highest BCUT2D eigenvalue weighted by Crippen LogP contribution is 2.53. The van der Waals surface area contributed by atoms with Crippen LogP contribution in [0.4, 0.5) is 0 Å². The van der Waals surface area contributed by atoms with Crippen molar-refractivity contribution in [2.24, 2.45) is 17.8 Å². The number of fused-ring (bicyclic) bond motifs is 1. The number of piperidine rings is 1. The van der Waals surface area contributed by atoms with Crippen LogP contribution in [0, 0.1) is 17.8 Å². The number of imidazole rings is 1. The number of nitrogens with one attached hydrogen (secondary N) is 1. The third kappa shape index (κ3) is 3.83. The zero-order chi connectivity index (χ0) is 23.7. The highest BCUT2D eigenvalue weighted by Gasteiger charge is 2.55. The summed E-state index contributed by atoms with van der Waals surface area (Å²) in [6, 6.07) is 8.73. The molecule has 0 unspecified atom stereocenters. The van der Waals surface area contributed by atoms with Crippen LogP contribution in [0.5, 0.6) is 0 Å². The number of H-pyrrole nitrogens is 1. The Morgan fingerprint density at radius 1 is 1.09 bits per heavy atom. The standard InChI is InChI=1S/C26H36BN3O3/c1-15(2)16(3)24(31)30-21-12-18(21)13-22(30)23-28-14-20(29-23)17-8-10-19(11-9-17)27-32-25(4,5)26(6,7)33-27/h8-11,14-16,18,21-22H,12-13H2,1-7H3,(H,28,29)/t16-,18-,21-,22-/m0/s1. The third-order valence-corrected chi connectivity index (χ3v) is 8.41. The summed E-state index contributed by atoms with van der Waals surface area (Å²) in [5.41, 5.74) is 2.33. The van der Waals surface area contributed by atoms with Gasteiger partial charge in [0.25, 0.3) is 0 Å². The van der Waals surface area contributed by atoms with Crippen LogP contribution in [0.25, 0.3) is 11.3 Å². The SMILES string of the molecule is CC(C)[C@H](C)C(=O)N1[C@H](c2ncc(-c3ccc(B4OC(C)(C)C(C)(C)O4)cc3)[nH]2)C[C@@H]2C[C@@H]21. The Labute approximate surface area is 197 Å². The molecule has 5 rings (SSSR count). The molecule has 7 heteroatoms. The van der Waals surface area contributed by atoms with Gasteiger partial charge < -0.3 is 19.2 Å². The van der Waals surface area contributed by atoms with E-state index in [0.717, 1.165) is 35.4 Å². The first-order valence-corrected chi connectivity index (χ1v) is 12.3. The van der Waals surface area contributed by atoms with Gasteiger partial charge in [0.2, 0.25) is 5.91 Å². The molecule has 1 aromatic carbocycles. The van der Waals surface area contributed by atoms with Gasteiger partial charge in [0.15, 0.2) is 0 Å². The molecule has 2 saturated heterocycles. The van der Waals surface area contributed by atoms with Gasteiger partial charge in [0.1, 0.15) is 5.82 Å². The van der Waals surface area contributed by atoms with Crippen molar-refractivity contribution in [2.75, 3.05) is 0 Å². The second-order valence-corrected chi connectivity index (χ2v) is 11.5. The Balaban J connectivity index is 1.33. The molecule has 2 aliphatic heterocycles. The first kappa shape index (κ1) is 22.7. The van der Waals surface area contributed by atoms with Crippen LogP contribution < -0.4 is 5.46 Å². The maximum atomic E-state index is 13.2. The minimum atomic E-state index is -0.367. The second kappa shape index (κ2) is 7.71. The van der Waals surface area contributed by atoms with E-state index in [0.29, 0.717) is 17.9 Å². The normalized spacial score (nSPS) is 28.3. The smallest absolute Gasteiger partial charge is 0.399 e. The van der Waals surface area contributed by atoms with Crippen LogP contribution in [-0.2, 0) is 14.1 Å². The van der Waals surface area contributed by atoms with E-state index >= 15 is 0 Å². The summed E-state index contributed by atoms with van der Waals surface area (Å²) in [5, 5.41) is 0. The topological polar surface area (TPSA) is 67.5 Å². The lowest BCUT2D eigenvalue weighted by molar-refractivity contribution is -0.138. The maximum Gasteiger partial charge on any atom is 0.494 e. The van der Waals surface area contributed by atoms with Crippen molar-refractivity contribution >= 4 is 18.5 Å². The summed E-state index contributed by atoms with van der Waals surface area (Å²) in [6.07, 6.45) is 4.04. The number of likely N-dealkylation sites (tertiary alicyclic amines) is 1. The fraction of sp³-hybridized carbons (Fsp3) is 0.615. The zero-order valence-corrected chi connectivity index (χ0v) is 20.9. The number of amides is 1. The van der Waals surface area contributed by atoms with Gasteiger partial charge in [0.05, 0.1) is 29.1 Å². The van der Waals surface area contributed by atoms with Gasteiger partial charge in [-0.25, -0.2) is 4.98 Å². The lowest BCUT2D eigenvalue weighted by atomic mass is 9.79. The van der Waals surface area contributed by atoms with Gasteiger partial charge in [-0.2, -0.15) is 0 Å². The van der Waals surface area contributed by atoms with Crippen molar-refractivity contribution < 1.29 is 14.1 Å². The van der Waals surface area contributed by atoms with Crippen LogP contribution in [0.3, 0.4) is 0 Å². The molecule has 0 spiro atoms. The van der Waals surface area contributed by atoms with Gasteiger partial charge >= 0.3 is 7.12 Å². The Morgan fingerprint density at radius 3 is 2.33 bits per heavy atom. The fourth-order valence-electron chi connectivity index (χ4n) is 4.99. The average molecular weight is 449 g/mol. The molecule has 1 aliphatic carbocycles. The van der Waals surface area contributed by atoms with E-state index < -0.39 is 0 Å². The van der Waals surface area contributed by atoms with Crippen molar-refractivity contribution in [1.29, 1.82) is 0 Å². The molecule has 2 aromatic rings. The van der Waals surface area contributed by atoms with Gasteiger partial charge in [0, 0.05) is 12.0 Å². The molecule has 1 amide bonds. The van der Waals surface area contributed by atoms with Crippen molar-refractivity contribution in [3.05, 3.63) is 36.3 Å². The average Bonchev–Trinajstić information content (AvgIpc) is 3.10. The minimum Gasteiger partial charge on any atom is -0.399 e. The third-order valence-electron chi connectivity index (χ3n) is 8.41. The van der Waals surface area contributed by atoms with Crippen molar-refractivity contribution in [3.8, 4) is 11.3 Å². The van der Waals surface area contributed by atoms with E-state index in [1.165, 1.54) is 0 Å². The van der Waals surface area contributed by atoms with Crippen LogP contribution in [0.2, 0.25) is 0 Å². The molecule has 3 heterocycles. The Kier molecular flexibility index (Phi) is 5.29. The fourth-order valence-corrected chi connectivity index (χ4v) is 4.99. The molecule has 1 aromatic heterocycles. The summed E-state index contributed by atoms with van der Waals surface area (Å²) < 4.78 is 12.3. The zero-order valence-electron chi connectivity index (χ0n) is 20.9. The summed E-state index contributed by atoms with van der Waals surface area (Å²) in [6.45, 7) is 14.6. The summed E-state index contributed by atoms with van der Waals surface area (Å²) in [4.78, 5) is 23.5. The molecule has 3 fully saturated rings. The molecule has 1 N–H and O–H groups in total. The number of benzene rings is 1. The predicted molar refractivity (Wildman–Crippen MR) is 130 cm³/mol. The van der Waals surface area contributed by atoms with E-state index in [-0.39, 0.29) is 36.2 Å². The molecular weight excluding hydrogens is 413 g/mol. The molecule has 1 saturated carbocycles. The molecule has 3 aliphatic rings. The van der Waals surface area contributed by atoms with E-state index in [2.05, 4.69) is 82.6 Å². The van der Waals surface area contributed by atoms with E-state index in [1.54, 1.807) is 0 Å². The number of hydrogen-bond acceptors (Lipinski definition) is 4. The van der Waals surface area contributed by atoms with Crippen LogP contribution in [0.1, 0.15) is 73.2 Å². The van der Waals surface area contributed by atoms with Crippen molar-refractivity contribution in [3.63, 3.8) is 0 Å². The Bertz CT molecular complexity index is 1030. The molecule has 6 nitrogen and oxygen atoms in total. The summed E-state index contributed by atoms with van der Waals surface area (Å²) >= 11 is 0. The number of carbonyl (C=O) groups excluding carboxylic acids is 1. The molecule has 4 atom stereocenters. The Hall–Kier alpha value is -2.12. The quantitative estimate of drug-likeness (QED) is 0.690. The first-order valence-electron chi connectivity index (χ1n) is 12.3. The number of carbonyl (C=O) groups is 1. The molecular formula is C26H36BN3O3. The van der Waals surface area contributed by atoms with Gasteiger partial charge in [-0.05, 0) is 63.4 Å². The first-order chi connectivity index (χ1) is 15.5. The number of aromatic amines is 1. The van der Waals surface area contributed by atoms with Crippen LogP contribution in [-0.4, -0.2) is 45.1 Å². The molecule has 0 radical (unpaired) electrons. The Morgan fingerprint density at radius 2 is 1.73 bits per heavy atom. The monoisotopic (exact) mass is 449 g/mol. The lowest BCUT2D eigenvalue weighted by Gasteiger charge is -2.32.